The fourth-order valence-electron chi connectivity index (χ4n) is 2.04. The van der Waals surface area contributed by atoms with Crippen molar-refractivity contribution in [3.8, 4) is 0 Å². The molecule has 0 saturated heterocycles. The van der Waals surface area contributed by atoms with Crippen LogP contribution in [0.25, 0.3) is 0 Å². The monoisotopic (exact) mass is 190 g/mol. The van der Waals surface area contributed by atoms with Gasteiger partial charge in [0, 0.05) is 0 Å². The third kappa shape index (κ3) is 1.31. The zero-order valence-corrected chi connectivity index (χ0v) is 7.91. The first-order valence-corrected chi connectivity index (χ1v) is 5.01. The molecule has 0 N–H and O–H groups in total. The molecule has 1 fully saturated rings. The van der Waals surface area contributed by atoms with Crippen molar-refractivity contribution in [2.75, 3.05) is 0 Å². The molecule has 2 rings (SSSR count). The zero-order chi connectivity index (χ0) is 7.90. The summed E-state index contributed by atoms with van der Waals surface area (Å²) in [6, 6.07) is 0. The van der Waals surface area contributed by atoms with E-state index in [2.05, 4.69) is 12.2 Å². The molecule has 0 aromatic heterocycles. The Bertz CT molecular complexity index is 166. The summed E-state index contributed by atoms with van der Waals surface area (Å²) in [6.07, 6.45) is 9.16. The van der Waals surface area contributed by atoms with Gasteiger partial charge in [0.25, 0.3) is 0 Å². The lowest BCUT2D eigenvalue weighted by Gasteiger charge is -1.98. The quantitative estimate of drug-likeness (QED) is 0.405. The highest BCUT2D eigenvalue weighted by Gasteiger charge is 2.61. The molecule has 2 heteroatoms. The van der Waals surface area contributed by atoms with E-state index in [1.165, 1.54) is 12.8 Å². The van der Waals surface area contributed by atoms with Crippen LogP contribution in [-0.4, -0.2) is 4.33 Å². The van der Waals surface area contributed by atoms with Gasteiger partial charge in [-0.3, -0.25) is 0 Å². The third-order valence-corrected chi connectivity index (χ3v) is 3.94. The molecule has 0 bridgehead atoms. The summed E-state index contributed by atoms with van der Waals surface area (Å²) in [5.41, 5.74) is 0. The van der Waals surface area contributed by atoms with Gasteiger partial charge in [0.2, 0.25) is 0 Å². The molecule has 2 aliphatic carbocycles. The molecule has 0 amide bonds. The minimum Gasteiger partial charge on any atom is -0.101 e. The van der Waals surface area contributed by atoms with Crippen molar-refractivity contribution in [1.29, 1.82) is 0 Å². The van der Waals surface area contributed by atoms with Gasteiger partial charge in [-0.25, -0.2) is 0 Å². The summed E-state index contributed by atoms with van der Waals surface area (Å²) in [7, 11) is 0. The maximum Gasteiger partial charge on any atom is 0.124 e. The molecule has 0 unspecified atom stereocenters. The molecule has 1 saturated carbocycles. The highest BCUT2D eigenvalue weighted by atomic mass is 35.5. The van der Waals surface area contributed by atoms with E-state index < -0.39 is 0 Å². The molecule has 0 aliphatic heterocycles. The predicted octanol–water partition coefficient (Wildman–Crippen LogP) is 3.54. The number of hydrogen-bond acceptors (Lipinski definition) is 0. The van der Waals surface area contributed by atoms with Crippen LogP contribution in [0, 0.1) is 11.8 Å². The van der Waals surface area contributed by atoms with E-state index in [0.29, 0.717) is 11.8 Å². The van der Waals surface area contributed by atoms with Crippen molar-refractivity contribution < 1.29 is 0 Å². The van der Waals surface area contributed by atoms with E-state index in [4.69, 9.17) is 23.2 Å². The van der Waals surface area contributed by atoms with Gasteiger partial charge in [0.1, 0.15) is 4.33 Å². The second-order valence-corrected chi connectivity index (χ2v) is 4.96. The molecular weight excluding hydrogens is 179 g/mol. The van der Waals surface area contributed by atoms with Crippen molar-refractivity contribution in [1.82, 2.24) is 0 Å². The number of halogens is 2. The van der Waals surface area contributed by atoms with E-state index in [1.807, 2.05) is 0 Å². The molecule has 0 spiro atoms. The number of rotatable bonds is 0. The van der Waals surface area contributed by atoms with Crippen LogP contribution in [0.1, 0.15) is 25.7 Å². The van der Waals surface area contributed by atoms with Crippen LogP contribution in [0.4, 0.5) is 0 Å². The first kappa shape index (κ1) is 7.94. The molecule has 2 aliphatic rings. The number of fused-ring (bicyclic) bond motifs is 1. The fraction of sp³-hybridized carbons (Fsp3) is 0.778. The van der Waals surface area contributed by atoms with Gasteiger partial charge >= 0.3 is 0 Å². The van der Waals surface area contributed by atoms with Crippen molar-refractivity contribution >= 4 is 23.2 Å². The standard InChI is InChI=1S/C9H12Cl2/c10-9(11)7-5-3-1-2-4-6-8(7)9/h1-2,7-8H,3-6H2/t7-,8+. The van der Waals surface area contributed by atoms with E-state index in [9.17, 15) is 0 Å². The van der Waals surface area contributed by atoms with Crippen molar-refractivity contribution in [2.24, 2.45) is 11.8 Å². The minimum atomic E-state index is -0.369. The summed E-state index contributed by atoms with van der Waals surface area (Å²) in [4.78, 5) is 0. The van der Waals surface area contributed by atoms with Gasteiger partial charge in [0.15, 0.2) is 0 Å². The van der Waals surface area contributed by atoms with Crippen LogP contribution in [0.3, 0.4) is 0 Å². The van der Waals surface area contributed by atoms with E-state index >= 15 is 0 Å². The Hall–Kier alpha value is 0.320. The highest BCUT2D eigenvalue weighted by Crippen LogP contribution is 2.63. The van der Waals surface area contributed by atoms with Gasteiger partial charge in [0.05, 0.1) is 0 Å². The number of hydrogen-bond donors (Lipinski definition) is 0. The Kier molecular flexibility index (Phi) is 1.93. The van der Waals surface area contributed by atoms with E-state index in [0.717, 1.165) is 12.8 Å². The van der Waals surface area contributed by atoms with Gasteiger partial charge in [-0.2, -0.15) is 0 Å². The number of allylic oxidation sites excluding steroid dienone is 2. The predicted molar refractivity (Wildman–Crippen MR) is 49.0 cm³/mol. The number of alkyl halides is 2. The average Bonchev–Trinajstić information content (AvgIpc) is 2.29. The summed E-state index contributed by atoms with van der Waals surface area (Å²) in [5, 5.41) is 0. The summed E-state index contributed by atoms with van der Waals surface area (Å²) < 4.78 is -0.369. The van der Waals surface area contributed by atoms with Crippen molar-refractivity contribution in [3.05, 3.63) is 12.2 Å². The summed E-state index contributed by atoms with van der Waals surface area (Å²) in [6.45, 7) is 0. The third-order valence-electron chi connectivity index (χ3n) is 2.82. The fourth-order valence-corrected chi connectivity index (χ4v) is 2.95. The van der Waals surface area contributed by atoms with Gasteiger partial charge in [-0.1, -0.05) is 12.2 Å². The van der Waals surface area contributed by atoms with Crippen LogP contribution in [0.2, 0.25) is 0 Å². The molecule has 0 aromatic rings. The summed E-state index contributed by atoms with van der Waals surface area (Å²) in [5.74, 6) is 1.16. The van der Waals surface area contributed by atoms with Crippen LogP contribution < -0.4 is 0 Å². The van der Waals surface area contributed by atoms with Gasteiger partial charge in [-0.15, -0.1) is 23.2 Å². The highest BCUT2D eigenvalue weighted by molar-refractivity contribution is 6.51. The maximum atomic E-state index is 6.10. The molecule has 0 aromatic carbocycles. The molecule has 11 heavy (non-hydrogen) atoms. The summed E-state index contributed by atoms with van der Waals surface area (Å²) >= 11 is 12.2. The van der Waals surface area contributed by atoms with Crippen LogP contribution in [0.15, 0.2) is 12.2 Å². The first-order valence-electron chi connectivity index (χ1n) is 4.25. The topological polar surface area (TPSA) is 0 Å². The van der Waals surface area contributed by atoms with Crippen molar-refractivity contribution in [2.45, 2.75) is 30.0 Å². The average molecular weight is 191 g/mol. The van der Waals surface area contributed by atoms with E-state index in [-0.39, 0.29) is 4.33 Å². The Morgan fingerprint density at radius 1 is 1.00 bits per heavy atom. The molecule has 62 valence electrons. The Labute approximate surface area is 77.6 Å². The van der Waals surface area contributed by atoms with Crippen LogP contribution >= 0.6 is 23.2 Å². The van der Waals surface area contributed by atoms with Gasteiger partial charge < -0.3 is 0 Å². The largest absolute Gasteiger partial charge is 0.124 e. The lowest BCUT2D eigenvalue weighted by Crippen LogP contribution is -1.89. The lowest BCUT2D eigenvalue weighted by atomic mass is 10.1. The maximum absolute atomic E-state index is 6.10. The second-order valence-electron chi connectivity index (χ2n) is 3.51. The Balaban J connectivity index is 2.02. The van der Waals surface area contributed by atoms with Gasteiger partial charge in [-0.05, 0) is 37.5 Å². The molecule has 2 atom stereocenters. The normalized spacial score (nSPS) is 40.5. The first-order chi connectivity index (χ1) is 5.23. The molecule has 0 nitrogen and oxygen atoms in total. The smallest absolute Gasteiger partial charge is 0.101 e. The SMILES string of the molecule is ClC1(Cl)[C@@H]2CCC=CCC[C@@H]21. The van der Waals surface area contributed by atoms with Crippen molar-refractivity contribution in [3.63, 3.8) is 0 Å². The van der Waals surface area contributed by atoms with E-state index in [1.54, 1.807) is 0 Å². The minimum absolute atomic E-state index is 0.369. The lowest BCUT2D eigenvalue weighted by molar-refractivity contribution is 0.605. The van der Waals surface area contributed by atoms with Crippen LogP contribution in [-0.2, 0) is 0 Å². The zero-order valence-electron chi connectivity index (χ0n) is 6.39. The molecular formula is C9H12Cl2. The second kappa shape index (κ2) is 2.67. The Morgan fingerprint density at radius 3 is 1.91 bits per heavy atom. The Morgan fingerprint density at radius 2 is 1.45 bits per heavy atom. The molecule has 0 heterocycles. The van der Waals surface area contributed by atoms with Crippen LogP contribution in [0.5, 0.6) is 0 Å². The molecule has 0 radical (unpaired) electrons.